The van der Waals surface area contributed by atoms with E-state index in [1.54, 1.807) is 39.2 Å². The number of fused-ring (bicyclic) bond motifs is 3. The molecule has 0 radical (unpaired) electrons. The summed E-state index contributed by atoms with van der Waals surface area (Å²) in [7, 11) is 7.93. The van der Waals surface area contributed by atoms with Crippen molar-refractivity contribution in [2.24, 2.45) is 17.6 Å². The van der Waals surface area contributed by atoms with Crippen LogP contribution in [-0.2, 0) is 22.6 Å². The second-order valence-electron chi connectivity index (χ2n) is 11.7. The van der Waals surface area contributed by atoms with Crippen LogP contribution in [0.2, 0.25) is 0 Å². The number of nitrogens with zero attached hydrogens (tertiary/aromatic N) is 3. The Kier molecular flexibility index (Phi) is 7.89. The fraction of sp³-hybridized carbons (Fsp3) is 0.536. The van der Waals surface area contributed by atoms with Crippen LogP contribution in [0.5, 0.6) is 5.75 Å². The number of hydrogen-bond acceptors (Lipinski definition) is 10. The predicted molar refractivity (Wildman–Crippen MR) is 145 cm³/mol. The quantitative estimate of drug-likeness (QED) is 0.292. The van der Waals surface area contributed by atoms with Gasteiger partial charge in [-0.25, -0.2) is 0 Å². The van der Waals surface area contributed by atoms with Gasteiger partial charge in [-0.1, -0.05) is 0 Å². The molecule has 3 aliphatic carbocycles. The highest BCUT2D eigenvalue weighted by atomic mass is 19.4. The van der Waals surface area contributed by atoms with Crippen molar-refractivity contribution in [2.45, 2.75) is 43.6 Å². The van der Waals surface area contributed by atoms with E-state index < -0.39 is 76.4 Å². The molecule has 11 nitrogen and oxygen atoms in total. The molecule has 0 saturated carbocycles. The zero-order valence-electron chi connectivity index (χ0n) is 23.9. The molecule has 0 saturated heterocycles. The number of hydrogen-bond donors (Lipinski definition) is 5. The molecule has 6 N–H and O–H groups in total. The Bertz CT molecular complexity index is 1420. The number of allylic oxidation sites excluding steroid dienone is 1. The van der Waals surface area contributed by atoms with Crippen LogP contribution in [0.3, 0.4) is 0 Å². The fourth-order valence-electron chi connectivity index (χ4n) is 6.56. The van der Waals surface area contributed by atoms with E-state index in [0.29, 0.717) is 11.3 Å². The molecule has 0 fully saturated rings. The van der Waals surface area contributed by atoms with Crippen molar-refractivity contribution < 1.29 is 48.0 Å². The maximum Gasteiger partial charge on any atom is 0.390 e. The number of anilines is 1. The molecule has 0 heterocycles. The molecule has 3 aliphatic rings. The van der Waals surface area contributed by atoms with Gasteiger partial charge in [0.05, 0.1) is 18.0 Å². The first-order chi connectivity index (χ1) is 19.3. The molecule has 42 heavy (non-hydrogen) atoms. The molecule has 230 valence electrons. The van der Waals surface area contributed by atoms with E-state index in [4.69, 9.17) is 5.73 Å². The number of phenols is 1. The predicted octanol–water partition coefficient (Wildman–Crippen LogP) is 1.57. The number of likely N-dealkylation sites (N-methyl/N-ethyl adjacent to an activating group) is 1. The number of aromatic hydroxyl groups is 1. The number of halogens is 3. The summed E-state index contributed by atoms with van der Waals surface area (Å²) in [5, 5.41) is 45.3. The van der Waals surface area contributed by atoms with E-state index in [2.05, 4.69) is 0 Å². The van der Waals surface area contributed by atoms with Gasteiger partial charge in [-0.3, -0.25) is 19.3 Å². The minimum Gasteiger partial charge on any atom is -0.510 e. The summed E-state index contributed by atoms with van der Waals surface area (Å²) in [4.78, 5) is 44.1. The number of carbonyl (C=O) groups is 3. The van der Waals surface area contributed by atoms with Gasteiger partial charge in [0.25, 0.3) is 5.91 Å². The third-order valence-electron chi connectivity index (χ3n) is 8.48. The molecule has 4 atom stereocenters. The number of primary amides is 1. The van der Waals surface area contributed by atoms with Gasteiger partial charge >= 0.3 is 6.18 Å². The molecule has 0 bridgehead atoms. The lowest BCUT2D eigenvalue weighted by Gasteiger charge is -2.50. The van der Waals surface area contributed by atoms with Crippen molar-refractivity contribution in [3.05, 3.63) is 45.4 Å². The second kappa shape index (κ2) is 10.6. The van der Waals surface area contributed by atoms with E-state index in [0.717, 1.165) is 0 Å². The minimum absolute atomic E-state index is 0.0542. The summed E-state index contributed by atoms with van der Waals surface area (Å²) in [6, 6.07) is 0.492. The van der Waals surface area contributed by atoms with Crippen molar-refractivity contribution in [3.63, 3.8) is 0 Å². The Hall–Kier alpha value is -3.62. The molecule has 14 heteroatoms. The lowest BCUT2D eigenvalue weighted by molar-refractivity contribution is -0.148. The van der Waals surface area contributed by atoms with Gasteiger partial charge in [-0.2, -0.15) is 13.2 Å². The average molecular weight is 597 g/mol. The van der Waals surface area contributed by atoms with Crippen molar-refractivity contribution in [1.29, 1.82) is 0 Å². The Morgan fingerprint density at radius 2 is 1.74 bits per heavy atom. The maximum atomic E-state index is 14.0. The molecule has 4 rings (SSSR count). The maximum absolute atomic E-state index is 14.0. The van der Waals surface area contributed by atoms with Gasteiger partial charge in [0.2, 0.25) is 5.78 Å². The molecule has 1 aromatic rings. The van der Waals surface area contributed by atoms with Crippen molar-refractivity contribution in [3.8, 4) is 5.75 Å². The highest BCUT2D eigenvalue weighted by Gasteiger charge is 2.63. The van der Waals surface area contributed by atoms with Crippen molar-refractivity contribution >= 4 is 23.2 Å². The number of phenolic OH excluding ortho intramolecular Hbond substituents is 1. The van der Waals surface area contributed by atoms with E-state index in [-0.39, 0.29) is 42.6 Å². The number of aliphatic hydroxyl groups is 3. The first kappa shape index (κ1) is 31.3. The molecular weight excluding hydrogens is 561 g/mol. The van der Waals surface area contributed by atoms with Crippen molar-refractivity contribution in [1.82, 2.24) is 9.80 Å². The normalized spacial score (nSPS) is 26.0. The van der Waals surface area contributed by atoms with Crippen LogP contribution in [0.15, 0.2) is 28.7 Å². The lowest BCUT2D eigenvalue weighted by Crippen LogP contribution is -2.63. The van der Waals surface area contributed by atoms with Crippen LogP contribution in [0.4, 0.5) is 18.9 Å². The van der Waals surface area contributed by atoms with E-state index in [9.17, 15) is 48.0 Å². The van der Waals surface area contributed by atoms with Crippen LogP contribution in [0, 0.1) is 11.8 Å². The highest BCUT2D eigenvalue weighted by molar-refractivity contribution is 6.24. The molecule has 0 aromatic heterocycles. The van der Waals surface area contributed by atoms with Gasteiger partial charge in [0, 0.05) is 49.9 Å². The van der Waals surface area contributed by atoms with Crippen molar-refractivity contribution in [2.75, 3.05) is 46.7 Å². The second-order valence-corrected chi connectivity index (χ2v) is 11.7. The largest absolute Gasteiger partial charge is 0.510 e. The summed E-state index contributed by atoms with van der Waals surface area (Å²) >= 11 is 0. The van der Waals surface area contributed by atoms with Gasteiger partial charge in [-0.15, -0.1) is 0 Å². The van der Waals surface area contributed by atoms with Gasteiger partial charge in [0.1, 0.15) is 22.8 Å². The van der Waals surface area contributed by atoms with Crippen LogP contribution in [0.25, 0.3) is 0 Å². The number of alkyl halides is 3. The molecule has 0 aliphatic heterocycles. The summed E-state index contributed by atoms with van der Waals surface area (Å²) in [5.41, 5.74) is 2.31. The van der Waals surface area contributed by atoms with E-state index in [1.807, 2.05) is 0 Å². The molecule has 1 aromatic carbocycles. The Balaban J connectivity index is 1.87. The Labute approximate surface area is 240 Å². The van der Waals surface area contributed by atoms with E-state index >= 15 is 0 Å². The van der Waals surface area contributed by atoms with Gasteiger partial charge in [-0.05, 0) is 51.5 Å². The van der Waals surface area contributed by atoms with E-state index in [1.165, 1.54) is 16.8 Å². The van der Waals surface area contributed by atoms with Crippen LogP contribution in [0.1, 0.15) is 34.3 Å². The third-order valence-corrected chi connectivity index (χ3v) is 8.48. The standard InChI is InChI=1S/C28H35F3N4O7/c1-33(2)16-10-13(11-35(5)7-6-27(29,30)31)21(36)18-14(16)8-12-9-15-20(34(3)4)23(38)19(26(32)41)25(40)28(15,42)24(39)17(12)22(18)37/h10,12,15,20,36,38-39,42H,6-9,11H2,1-5H3,(H2,32,41)/t12-,15-,20-,28-/m0/s1. The number of carbonyl (C=O) groups excluding carboxylic acids is 3. The molecule has 0 unspecified atom stereocenters. The van der Waals surface area contributed by atoms with Gasteiger partial charge < -0.3 is 36.0 Å². The SMILES string of the molecule is CN(CCC(F)(F)F)Cc1cc(N(C)C)c2c(c1O)C(=O)C1=C(O)[C@]3(O)C(=O)C(C(N)=O)=C(O)[C@@H](N(C)C)[C@@H]3C[C@@H]1C2. The summed E-state index contributed by atoms with van der Waals surface area (Å²) in [5.74, 6) is -7.53. The average Bonchev–Trinajstić information content (AvgIpc) is 2.85. The van der Waals surface area contributed by atoms with Crippen LogP contribution >= 0.6 is 0 Å². The summed E-state index contributed by atoms with van der Waals surface area (Å²) in [6.07, 6.45) is -5.41. The first-order valence-electron chi connectivity index (χ1n) is 13.3. The Morgan fingerprint density at radius 3 is 2.26 bits per heavy atom. The number of Topliss-reactive ketones (excluding diaryl/α,β-unsaturated/α-hetero) is 2. The number of amides is 1. The van der Waals surface area contributed by atoms with Crippen LogP contribution < -0.4 is 10.6 Å². The number of aliphatic hydroxyl groups excluding tert-OH is 2. The lowest BCUT2D eigenvalue weighted by atomic mass is 9.58. The zero-order chi connectivity index (χ0) is 31.6. The van der Waals surface area contributed by atoms with Gasteiger partial charge in [0.15, 0.2) is 11.4 Å². The summed E-state index contributed by atoms with van der Waals surface area (Å²) < 4.78 is 38.3. The molecular formula is C28H35F3N4O7. The number of rotatable bonds is 7. The topological polar surface area (TPSA) is 168 Å². The first-order valence-corrected chi connectivity index (χ1v) is 13.3. The number of nitrogens with two attached hydrogens (primary N) is 1. The Morgan fingerprint density at radius 1 is 1.12 bits per heavy atom. The third kappa shape index (κ3) is 4.90. The van der Waals surface area contributed by atoms with Crippen LogP contribution in [-0.4, -0.2) is 107 Å². The minimum atomic E-state index is -4.38. The fourth-order valence-corrected chi connectivity index (χ4v) is 6.56. The highest BCUT2D eigenvalue weighted by Crippen LogP contribution is 2.53. The number of ketones is 2. The zero-order valence-corrected chi connectivity index (χ0v) is 23.9. The smallest absolute Gasteiger partial charge is 0.390 e. The monoisotopic (exact) mass is 596 g/mol. The summed E-state index contributed by atoms with van der Waals surface area (Å²) in [6.45, 7) is -0.482. The molecule has 1 amide bonds. The molecule has 0 spiro atoms. The number of benzene rings is 1.